The van der Waals surface area contributed by atoms with Gasteiger partial charge >= 0.3 is 0 Å². The minimum atomic E-state index is 0.506. The number of tetrazole rings is 1. The lowest BCUT2D eigenvalue weighted by Gasteiger charge is -2.06. The van der Waals surface area contributed by atoms with Crippen molar-refractivity contribution in [2.75, 3.05) is 5.73 Å². The largest absolute Gasteiger partial charge is 0.398 e. The number of anilines is 1. The number of aromatic nitrogens is 4. The van der Waals surface area contributed by atoms with E-state index in [1.165, 1.54) is 0 Å². The van der Waals surface area contributed by atoms with E-state index in [0.29, 0.717) is 23.1 Å². The Bertz CT molecular complexity index is 787. The molecule has 0 aliphatic rings. The van der Waals surface area contributed by atoms with E-state index >= 15 is 0 Å². The van der Waals surface area contributed by atoms with Crippen molar-refractivity contribution in [1.82, 2.24) is 20.2 Å². The average Bonchev–Trinajstić information content (AvgIpc) is 2.90. The number of benzene rings is 2. The van der Waals surface area contributed by atoms with Crippen molar-refractivity contribution >= 4 is 33.2 Å². The highest BCUT2D eigenvalue weighted by atomic mass is 79.9. The highest BCUT2D eigenvalue weighted by Gasteiger charge is 2.11. The van der Waals surface area contributed by atoms with Gasteiger partial charge in [-0.25, -0.2) is 4.68 Å². The van der Waals surface area contributed by atoms with Gasteiger partial charge in [0.1, 0.15) is 0 Å². The van der Waals surface area contributed by atoms with Crippen LogP contribution in [0.1, 0.15) is 5.56 Å². The van der Waals surface area contributed by atoms with Gasteiger partial charge in [-0.2, -0.15) is 0 Å². The molecule has 3 rings (SSSR count). The molecule has 0 aliphatic carbocycles. The van der Waals surface area contributed by atoms with Crippen LogP contribution in [0.15, 0.2) is 46.9 Å². The Hall–Kier alpha value is -1.92. The number of hydrogen-bond donors (Lipinski definition) is 1. The molecule has 1 heterocycles. The lowest BCUT2D eigenvalue weighted by atomic mass is 10.2. The maximum absolute atomic E-state index is 5.94. The van der Waals surface area contributed by atoms with E-state index in [0.717, 1.165) is 15.6 Å². The summed E-state index contributed by atoms with van der Waals surface area (Å²) in [5.74, 6) is 0.651. The van der Waals surface area contributed by atoms with Crippen LogP contribution < -0.4 is 5.73 Å². The lowest BCUT2D eigenvalue weighted by molar-refractivity contribution is 0.653. The zero-order chi connectivity index (χ0) is 14.8. The van der Waals surface area contributed by atoms with Crippen LogP contribution in [0.5, 0.6) is 0 Å². The van der Waals surface area contributed by atoms with Crippen LogP contribution in [0, 0.1) is 0 Å². The molecule has 0 saturated carbocycles. The smallest absolute Gasteiger partial charge is 0.182 e. The molecule has 7 heteroatoms. The van der Waals surface area contributed by atoms with E-state index < -0.39 is 0 Å². The average molecular weight is 365 g/mol. The molecule has 0 unspecified atom stereocenters. The molecule has 106 valence electrons. The third-order valence-electron chi connectivity index (χ3n) is 3.01. The fraction of sp³-hybridized carbons (Fsp3) is 0.0714. The predicted octanol–water partition coefficient (Wildman–Crippen LogP) is 3.39. The van der Waals surface area contributed by atoms with Crippen LogP contribution in [0.25, 0.3) is 11.4 Å². The maximum atomic E-state index is 5.94. The lowest BCUT2D eigenvalue weighted by Crippen LogP contribution is -2.04. The summed E-state index contributed by atoms with van der Waals surface area (Å²) in [6, 6.07) is 13.4. The van der Waals surface area contributed by atoms with Crippen molar-refractivity contribution < 1.29 is 0 Å². The molecule has 1 aromatic heterocycles. The van der Waals surface area contributed by atoms with Gasteiger partial charge in [0.05, 0.1) is 17.3 Å². The molecule has 0 fully saturated rings. The normalized spacial score (nSPS) is 10.8. The Balaban J connectivity index is 1.95. The zero-order valence-electron chi connectivity index (χ0n) is 10.9. The number of nitrogens with zero attached hydrogens (tertiary/aromatic N) is 4. The molecule has 21 heavy (non-hydrogen) atoms. The molecule has 0 amide bonds. The molecule has 3 aromatic rings. The second kappa shape index (κ2) is 5.83. The molecule has 0 aliphatic heterocycles. The third kappa shape index (κ3) is 3.06. The van der Waals surface area contributed by atoms with Gasteiger partial charge in [-0.15, -0.1) is 5.10 Å². The van der Waals surface area contributed by atoms with E-state index in [9.17, 15) is 0 Å². The molecule has 2 aromatic carbocycles. The molecular weight excluding hydrogens is 354 g/mol. The van der Waals surface area contributed by atoms with E-state index in [2.05, 4.69) is 31.5 Å². The number of nitrogen functional groups attached to an aromatic ring is 1. The van der Waals surface area contributed by atoms with Gasteiger partial charge in [-0.05, 0) is 46.3 Å². The summed E-state index contributed by atoms with van der Waals surface area (Å²) in [5, 5.41) is 12.4. The van der Waals surface area contributed by atoms with Crippen molar-refractivity contribution in [3.8, 4) is 11.4 Å². The molecule has 0 saturated heterocycles. The van der Waals surface area contributed by atoms with Gasteiger partial charge in [0, 0.05) is 10.0 Å². The third-order valence-corrected chi connectivity index (χ3v) is 3.84. The summed E-state index contributed by atoms with van der Waals surface area (Å²) in [7, 11) is 0. The first-order valence-corrected chi connectivity index (χ1v) is 7.36. The highest BCUT2D eigenvalue weighted by molar-refractivity contribution is 9.10. The minimum Gasteiger partial charge on any atom is -0.398 e. The minimum absolute atomic E-state index is 0.506. The van der Waals surface area contributed by atoms with E-state index in [1.54, 1.807) is 16.8 Å². The predicted molar refractivity (Wildman–Crippen MR) is 85.9 cm³/mol. The Morgan fingerprint density at radius 3 is 2.81 bits per heavy atom. The van der Waals surface area contributed by atoms with Crippen LogP contribution in [0.2, 0.25) is 5.02 Å². The molecule has 0 radical (unpaired) electrons. The quantitative estimate of drug-likeness (QED) is 0.723. The Morgan fingerprint density at radius 2 is 2.05 bits per heavy atom. The Kier molecular flexibility index (Phi) is 3.90. The number of halogens is 2. The van der Waals surface area contributed by atoms with Crippen molar-refractivity contribution in [3.63, 3.8) is 0 Å². The van der Waals surface area contributed by atoms with Gasteiger partial charge in [-0.1, -0.05) is 39.7 Å². The topological polar surface area (TPSA) is 69.6 Å². The van der Waals surface area contributed by atoms with Crippen LogP contribution in [-0.2, 0) is 6.54 Å². The maximum Gasteiger partial charge on any atom is 0.182 e. The van der Waals surface area contributed by atoms with Crippen molar-refractivity contribution in [1.29, 1.82) is 0 Å². The summed E-state index contributed by atoms with van der Waals surface area (Å²) < 4.78 is 2.75. The van der Waals surface area contributed by atoms with Gasteiger partial charge in [0.15, 0.2) is 5.82 Å². The highest BCUT2D eigenvalue weighted by Crippen LogP contribution is 2.25. The second-order valence-electron chi connectivity index (χ2n) is 4.53. The van der Waals surface area contributed by atoms with Crippen LogP contribution in [0.3, 0.4) is 0 Å². The summed E-state index contributed by atoms with van der Waals surface area (Å²) in [5.41, 5.74) is 8.27. The van der Waals surface area contributed by atoms with E-state index in [1.807, 2.05) is 30.3 Å². The SMILES string of the molecule is Nc1cc(-c2nnnn2Cc2cccc(Br)c2)ccc1Cl. The molecule has 2 N–H and O–H groups in total. The number of hydrogen-bond acceptors (Lipinski definition) is 4. The first kappa shape index (κ1) is 14.0. The molecule has 0 bridgehead atoms. The second-order valence-corrected chi connectivity index (χ2v) is 5.85. The van der Waals surface area contributed by atoms with Crippen molar-refractivity contribution in [2.24, 2.45) is 0 Å². The Morgan fingerprint density at radius 1 is 1.19 bits per heavy atom. The molecule has 0 spiro atoms. The van der Waals surface area contributed by atoms with Crippen molar-refractivity contribution in [2.45, 2.75) is 6.54 Å². The summed E-state index contributed by atoms with van der Waals surface area (Å²) >= 11 is 9.40. The first-order valence-electron chi connectivity index (χ1n) is 6.19. The van der Waals surface area contributed by atoms with E-state index in [-0.39, 0.29) is 0 Å². The number of rotatable bonds is 3. The monoisotopic (exact) mass is 363 g/mol. The van der Waals surface area contributed by atoms with Gasteiger partial charge < -0.3 is 5.73 Å². The summed E-state index contributed by atoms with van der Waals surface area (Å²) in [4.78, 5) is 0. The van der Waals surface area contributed by atoms with Gasteiger partial charge in [-0.3, -0.25) is 0 Å². The molecular formula is C14H11BrClN5. The van der Waals surface area contributed by atoms with Crippen LogP contribution >= 0.6 is 27.5 Å². The van der Waals surface area contributed by atoms with Crippen LogP contribution in [0.4, 0.5) is 5.69 Å². The summed E-state index contributed by atoms with van der Waals surface area (Å²) in [6.07, 6.45) is 0. The van der Waals surface area contributed by atoms with E-state index in [4.69, 9.17) is 17.3 Å². The fourth-order valence-corrected chi connectivity index (χ4v) is 2.57. The van der Waals surface area contributed by atoms with Crippen LogP contribution in [-0.4, -0.2) is 20.2 Å². The fourth-order valence-electron chi connectivity index (χ4n) is 2.01. The molecule has 0 atom stereocenters. The van der Waals surface area contributed by atoms with Crippen molar-refractivity contribution in [3.05, 3.63) is 57.5 Å². The first-order chi connectivity index (χ1) is 10.1. The summed E-state index contributed by atoms with van der Waals surface area (Å²) in [6.45, 7) is 0.574. The van der Waals surface area contributed by atoms with Gasteiger partial charge in [0.2, 0.25) is 0 Å². The Labute approximate surface area is 134 Å². The van der Waals surface area contributed by atoms with Gasteiger partial charge in [0.25, 0.3) is 0 Å². The zero-order valence-corrected chi connectivity index (χ0v) is 13.2. The standard InChI is InChI=1S/C14H11BrClN5/c15-11-3-1-2-9(6-11)8-21-14(18-19-20-21)10-4-5-12(16)13(17)7-10/h1-7H,8,17H2. The number of nitrogens with two attached hydrogens (primary N) is 1. The molecule has 5 nitrogen and oxygen atoms in total.